The van der Waals surface area contributed by atoms with Crippen LogP contribution in [0, 0.1) is 6.92 Å². The van der Waals surface area contributed by atoms with Crippen LogP contribution in [0.1, 0.15) is 63.5 Å². The Morgan fingerprint density at radius 1 is 1.17 bits per heavy atom. The number of aromatic hydroxyl groups is 1. The third-order valence-corrected chi connectivity index (χ3v) is 8.46. The summed E-state index contributed by atoms with van der Waals surface area (Å²) in [7, 11) is 1.34. The molecular weight excluding hydrogens is 544 g/mol. The number of fused-ring (bicyclic) bond motifs is 6. The number of carbonyl (C=O) groups is 2. The van der Waals surface area contributed by atoms with E-state index < -0.39 is 58.6 Å². The van der Waals surface area contributed by atoms with Crippen LogP contribution in [0.3, 0.4) is 0 Å². The van der Waals surface area contributed by atoms with Crippen molar-refractivity contribution in [2.75, 3.05) is 7.11 Å². The van der Waals surface area contributed by atoms with Crippen LogP contribution in [0.2, 0.25) is 0 Å². The molecule has 11 heteroatoms. The number of nitrogens with zero attached hydrogens (tertiary/aromatic N) is 1. The van der Waals surface area contributed by atoms with Crippen LogP contribution in [0.5, 0.6) is 11.5 Å². The highest BCUT2D eigenvalue weighted by atomic mass is 16.7. The summed E-state index contributed by atoms with van der Waals surface area (Å²) in [5, 5.41) is 34.4. The summed E-state index contributed by atoms with van der Waals surface area (Å²) in [4.78, 5) is 40.1. The van der Waals surface area contributed by atoms with Crippen molar-refractivity contribution in [1.82, 2.24) is 0 Å². The molecule has 1 saturated heterocycles. The van der Waals surface area contributed by atoms with Gasteiger partial charge in [-0.15, -0.1) is 0 Å². The van der Waals surface area contributed by atoms with Crippen molar-refractivity contribution in [3.05, 3.63) is 80.3 Å². The molecule has 1 amide bonds. The molecule has 5 atom stereocenters. The van der Waals surface area contributed by atoms with Crippen LogP contribution < -0.4 is 20.5 Å². The van der Waals surface area contributed by atoms with Gasteiger partial charge in [-0.3, -0.25) is 14.4 Å². The zero-order chi connectivity index (χ0) is 30.2. The van der Waals surface area contributed by atoms with Gasteiger partial charge in [0.05, 0.1) is 17.2 Å². The van der Waals surface area contributed by atoms with E-state index in [9.17, 15) is 29.7 Å². The first-order valence-corrected chi connectivity index (χ1v) is 13.7. The van der Waals surface area contributed by atoms with E-state index in [1.165, 1.54) is 7.11 Å². The van der Waals surface area contributed by atoms with Gasteiger partial charge in [0.1, 0.15) is 17.8 Å². The minimum atomic E-state index is -2.36. The lowest BCUT2D eigenvalue weighted by Crippen LogP contribution is -2.63. The summed E-state index contributed by atoms with van der Waals surface area (Å²) in [6.45, 7) is 5.37. The maximum absolute atomic E-state index is 14.1. The normalized spacial score (nSPS) is 25.3. The first-order chi connectivity index (χ1) is 20.0. The van der Waals surface area contributed by atoms with Gasteiger partial charge >= 0.3 is 0 Å². The van der Waals surface area contributed by atoms with Gasteiger partial charge in [0.25, 0.3) is 5.91 Å². The fraction of sp³-hybridized carbons (Fsp3) is 0.355. The largest absolute Gasteiger partial charge is 0.504 e. The molecule has 5 N–H and O–H groups in total. The Morgan fingerprint density at radius 2 is 1.88 bits per heavy atom. The third kappa shape index (κ3) is 3.61. The Balaban J connectivity index is 1.64. The monoisotopic (exact) mass is 575 g/mol. The Bertz CT molecular complexity index is 1750. The highest BCUT2D eigenvalue weighted by molar-refractivity contribution is 6.23. The average molecular weight is 576 g/mol. The minimum Gasteiger partial charge on any atom is -0.504 e. The topological polar surface area (TPSA) is 169 Å². The second-order valence-electron chi connectivity index (χ2n) is 10.9. The molecule has 0 spiro atoms. The lowest BCUT2D eigenvalue weighted by atomic mass is 9.82. The fourth-order valence-corrected chi connectivity index (χ4v) is 6.62. The summed E-state index contributed by atoms with van der Waals surface area (Å²) >= 11 is 0. The van der Waals surface area contributed by atoms with Gasteiger partial charge in [-0.25, -0.2) is 0 Å². The summed E-state index contributed by atoms with van der Waals surface area (Å²) in [6.07, 6.45) is -3.76. The molecule has 2 aromatic carbocycles. The molecule has 0 radical (unpaired) electrons. The van der Waals surface area contributed by atoms with E-state index >= 15 is 0 Å². The van der Waals surface area contributed by atoms with Crippen LogP contribution in [0.25, 0.3) is 16.8 Å². The average Bonchev–Trinajstić information content (AvgIpc) is 3.35. The maximum atomic E-state index is 14.1. The van der Waals surface area contributed by atoms with Crippen LogP contribution in [0.15, 0.2) is 41.2 Å². The number of aryl methyl sites for hydroxylation is 1. The number of pyridine rings is 1. The number of aromatic nitrogens is 1. The van der Waals surface area contributed by atoms with E-state index in [0.717, 1.165) is 6.07 Å². The number of primary amides is 1. The number of ketones is 1. The van der Waals surface area contributed by atoms with Crippen molar-refractivity contribution in [3.63, 3.8) is 0 Å². The van der Waals surface area contributed by atoms with Gasteiger partial charge < -0.3 is 35.3 Å². The number of benzene rings is 1. The van der Waals surface area contributed by atoms with Gasteiger partial charge in [-0.1, -0.05) is 19.1 Å². The molecule has 1 aliphatic carbocycles. The second kappa shape index (κ2) is 9.70. The maximum Gasteiger partial charge on any atom is 0.255 e. The molecule has 2 aliphatic heterocycles. The predicted octanol–water partition coefficient (Wildman–Crippen LogP) is 1.30. The predicted molar refractivity (Wildman–Crippen MR) is 148 cm³/mol. The Kier molecular flexibility index (Phi) is 6.46. The van der Waals surface area contributed by atoms with Crippen molar-refractivity contribution < 1.29 is 43.7 Å². The molecule has 6 rings (SSSR count). The Morgan fingerprint density at radius 3 is 2.55 bits per heavy atom. The van der Waals surface area contributed by atoms with Crippen LogP contribution >= 0.6 is 0 Å². The van der Waals surface area contributed by atoms with Crippen molar-refractivity contribution in [2.24, 2.45) is 5.73 Å². The molecule has 0 saturated carbocycles. The molecule has 42 heavy (non-hydrogen) atoms. The van der Waals surface area contributed by atoms with E-state index in [1.807, 2.05) is 6.92 Å². The molecule has 1 fully saturated rings. The van der Waals surface area contributed by atoms with E-state index in [2.05, 4.69) is 0 Å². The van der Waals surface area contributed by atoms with Gasteiger partial charge in [0.2, 0.25) is 17.8 Å². The molecule has 0 unspecified atom stereocenters. The number of carbonyl (C=O) groups excluding carboxylic acids is 2. The molecule has 3 aliphatic rings. The molecule has 3 aromatic rings. The van der Waals surface area contributed by atoms with E-state index in [4.69, 9.17) is 19.9 Å². The van der Waals surface area contributed by atoms with Gasteiger partial charge in [-0.2, -0.15) is 4.57 Å². The molecule has 0 bridgehead atoms. The summed E-state index contributed by atoms with van der Waals surface area (Å²) in [6, 6.07) is 9.55. The number of nitrogens with two attached hydrogens (primary N) is 1. The Labute approximate surface area is 240 Å². The molecule has 1 aromatic heterocycles. The van der Waals surface area contributed by atoms with Crippen LogP contribution in [-0.4, -0.2) is 58.7 Å². The lowest BCUT2D eigenvalue weighted by molar-refractivity contribution is -0.611. The van der Waals surface area contributed by atoms with Crippen molar-refractivity contribution in [1.29, 1.82) is 0 Å². The van der Waals surface area contributed by atoms with Gasteiger partial charge in [0, 0.05) is 49.3 Å². The van der Waals surface area contributed by atoms with Crippen molar-refractivity contribution >= 4 is 11.7 Å². The molecule has 218 valence electrons. The first-order valence-electron chi connectivity index (χ1n) is 13.7. The molecular formula is C31H31N2O9+. The summed E-state index contributed by atoms with van der Waals surface area (Å²) < 4.78 is 18.7. The van der Waals surface area contributed by atoms with Crippen LogP contribution in [-0.2, 0) is 21.5 Å². The standard InChI is InChI=1S/C31H30N2O9/c1-5-8-19-22-16(11-13(2)33(19)18-10-7-6-9-15(18)29(32)38)21-17(24(22)35)12-20(34)23-27(25(21)36)42-30-31(23,39)28(37)26(40-4)14(3)41-30/h6-7,9-12,14,26,28,30,37,39H,5,8H2,1-4H3,(H2,32,38)/p+1/t14-,26-,28-,30+,31-/m1/s1. The fourth-order valence-electron chi connectivity index (χ4n) is 6.62. The number of amides is 1. The first kappa shape index (κ1) is 28.0. The van der Waals surface area contributed by atoms with E-state index in [1.54, 1.807) is 48.7 Å². The Hall–Kier alpha value is -4.16. The highest BCUT2D eigenvalue weighted by Crippen LogP contribution is 2.54. The second-order valence-corrected chi connectivity index (χ2v) is 10.9. The number of aliphatic hydroxyl groups is 2. The number of rotatable bonds is 5. The highest BCUT2D eigenvalue weighted by Gasteiger charge is 2.63. The minimum absolute atomic E-state index is 0.0669. The lowest BCUT2D eigenvalue weighted by Gasteiger charge is -2.44. The molecule has 3 heterocycles. The van der Waals surface area contributed by atoms with Gasteiger partial charge in [-0.05, 0) is 25.5 Å². The number of hydrogen-bond donors (Lipinski definition) is 4. The van der Waals surface area contributed by atoms with E-state index in [0.29, 0.717) is 35.5 Å². The number of hydrogen-bond acceptors (Lipinski definition) is 9. The smallest absolute Gasteiger partial charge is 0.255 e. The SMILES string of the molecule is CCCc1c2c(cc(C)[n+]1-c1ccccc1C(N)=O)-c1c(cc(=O)c3c(c1O)O[C@@H]1O[C@H](C)[C@@H](OC)[C@@H](O)[C@]31O)C2=O. The number of aliphatic hydroxyl groups excluding tert-OH is 1. The van der Waals surface area contributed by atoms with Crippen molar-refractivity contribution in [2.45, 2.75) is 63.8 Å². The van der Waals surface area contributed by atoms with E-state index in [-0.39, 0.29) is 28.0 Å². The summed E-state index contributed by atoms with van der Waals surface area (Å²) in [5.74, 6) is -2.05. The summed E-state index contributed by atoms with van der Waals surface area (Å²) in [5.41, 5.74) is 4.70. The van der Waals surface area contributed by atoms with Crippen molar-refractivity contribution in [3.8, 4) is 28.3 Å². The number of ether oxygens (including phenoxy) is 3. The van der Waals surface area contributed by atoms with Crippen LogP contribution in [0.4, 0.5) is 0 Å². The quantitative estimate of drug-likeness (QED) is 0.256. The van der Waals surface area contributed by atoms with Gasteiger partial charge in [0.15, 0.2) is 33.9 Å². The third-order valence-electron chi connectivity index (χ3n) is 8.46. The number of para-hydroxylation sites is 1. The molecule has 11 nitrogen and oxygen atoms in total. The zero-order valence-electron chi connectivity index (χ0n) is 23.5. The zero-order valence-corrected chi connectivity index (χ0v) is 23.5. The number of methoxy groups -OCH3 is 1.